The van der Waals surface area contributed by atoms with Crippen molar-refractivity contribution in [3.63, 3.8) is 0 Å². The van der Waals surface area contributed by atoms with Crippen LogP contribution in [0.5, 0.6) is 11.5 Å². The Labute approximate surface area is 219 Å². The van der Waals surface area contributed by atoms with Gasteiger partial charge in [0.1, 0.15) is 36.1 Å². The highest BCUT2D eigenvalue weighted by Gasteiger charge is 2.44. The Morgan fingerprint density at radius 2 is 1.76 bits per heavy atom. The van der Waals surface area contributed by atoms with Crippen molar-refractivity contribution in [2.75, 3.05) is 32.7 Å². The first-order valence-corrected chi connectivity index (χ1v) is 12.3. The number of aromatic nitrogens is 4. The van der Waals surface area contributed by atoms with Crippen LogP contribution >= 0.6 is 0 Å². The van der Waals surface area contributed by atoms with Crippen molar-refractivity contribution in [1.29, 1.82) is 0 Å². The van der Waals surface area contributed by atoms with Crippen molar-refractivity contribution < 1.29 is 29.5 Å². The minimum atomic E-state index is -1.25. The topological polar surface area (TPSA) is 144 Å². The van der Waals surface area contributed by atoms with E-state index in [1.807, 2.05) is 30.3 Å². The van der Waals surface area contributed by atoms with Gasteiger partial charge in [0.2, 0.25) is 0 Å². The van der Waals surface area contributed by atoms with E-state index in [1.54, 1.807) is 14.2 Å². The number of nitrogens with one attached hydrogen (secondary N) is 1. The fraction of sp³-hybridized carbons (Fsp3) is 0.370. The number of hydrogen-bond acceptors (Lipinski definition) is 10. The molecule has 4 aromatic rings. The zero-order valence-corrected chi connectivity index (χ0v) is 21.4. The van der Waals surface area contributed by atoms with Gasteiger partial charge >= 0.3 is 0 Å². The summed E-state index contributed by atoms with van der Waals surface area (Å²) in [6, 6.07) is 14.0. The summed E-state index contributed by atoms with van der Waals surface area (Å²) in [4.78, 5) is 13.2. The van der Waals surface area contributed by atoms with Gasteiger partial charge in [-0.05, 0) is 35.7 Å². The van der Waals surface area contributed by atoms with E-state index in [4.69, 9.17) is 14.2 Å². The van der Waals surface area contributed by atoms with Crippen molar-refractivity contribution in [3.05, 3.63) is 71.8 Å². The number of aryl methyl sites for hydroxylation is 1. The van der Waals surface area contributed by atoms with Gasteiger partial charge in [0, 0.05) is 18.5 Å². The molecule has 5 rings (SSSR count). The Bertz CT molecular complexity index is 1390. The summed E-state index contributed by atoms with van der Waals surface area (Å²) in [5.74, 6) is 1.82. The molecular formula is C27H31N5O6. The van der Waals surface area contributed by atoms with Crippen molar-refractivity contribution in [3.8, 4) is 11.5 Å². The molecule has 11 nitrogen and oxygen atoms in total. The fourth-order valence-electron chi connectivity index (χ4n) is 4.89. The summed E-state index contributed by atoms with van der Waals surface area (Å²) in [6.45, 7) is 2.14. The quantitative estimate of drug-likeness (QED) is 0.258. The smallest absolute Gasteiger partial charge is 0.167 e. The van der Waals surface area contributed by atoms with E-state index in [-0.39, 0.29) is 5.92 Å². The predicted octanol–water partition coefficient (Wildman–Crippen LogP) is 2.01. The van der Waals surface area contributed by atoms with E-state index in [9.17, 15) is 15.3 Å². The van der Waals surface area contributed by atoms with Crippen LogP contribution in [-0.2, 0) is 4.74 Å². The van der Waals surface area contributed by atoms with Crippen LogP contribution in [-0.4, -0.2) is 80.5 Å². The van der Waals surface area contributed by atoms with Gasteiger partial charge in [-0.15, -0.1) is 0 Å². The molecule has 38 heavy (non-hydrogen) atoms. The molecule has 1 aliphatic rings. The largest absolute Gasteiger partial charge is 0.497 e. The maximum Gasteiger partial charge on any atom is 0.167 e. The molecule has 0 saturated carbocycles. The van der Waals surface area contributed by atoms with Gasteiger partial charge in [0.05, 0.1) is 27.2 Å². The first-order valence-electron chi connectivity index (χ1n) is 12.3. The SMILES string of the molecule is COc1cc(OC)cc(C(CNc2ncnc3c2ncn3C2O[C@H](CO)[C@@H](O)[C@H]2O)c2ccccc2C)c1. The zero-order chi connectivity index (χ0) is 26.8. The number of methoxy groups -OCH3 is 2. The third kappa shape index (κ3) is 4.76. The molecule has 0 bridgehead atoms. The van der Waals surface area contributed by atoms with Gasteiger partial charge in [0.15, 0.2) is 23.2 Å². The lowest BCUT2D eigenvalue weighted by Crippen LogP contribution is -2.33. The molecular weight excluding hydrogens is 490 g/mol. The summed E-state index contributed by atoms with van der Waals surface area (Å²) in [5.41, 5.74) is 4.19. The highest BCUT2D eigenvalue weighted by Crippen LogP contribution is 2.35. The van der Waals surface area contributed by atoms with Crippen molar-refractivity contribution in [2.45, 2.75) is 37.4 Å². The third-order valence-corrected chi connectivity index (χ3v) is 6.96. The van der Waals surface area contributed by atoms with Crippen LogP contribution in [0, 0.1) is 6.92 Å². The summed E-state index contributed by atoms with van der Waals surface area (Å²) < 4.78 is 18.2. The van der Waals surface area contributed by atoms with Gasteiger partial charge in [-0.25, -0.2) is 15.0 Å². The maximum atomic E-state index is 10.5. The molecule has 1 saturated heterocycles. The van der Waals surface area contributed by atoms with Crippen LogP contribution in [0.4, 0.5) is 5.82 Å². The van der Waals surface area contributed by atoms with Crippen LogP contribution in [0.3, 0.4) is 0 Å². The zero-order valence-electron chi connectivity index (χ0n) is 21.4. The highest BCUT2D eigenvalue weighted by molar-refractivity contribution is 5.82. The number of rotatable bonds is 9. The Hall–Kier alpha value is -3.77. The number of fused-ring (bicyclic) bond motifs is 1. The molecule has 3 heterocycles. The number of anilines is 1. The standard InChI is InChI=1S/C27H31N5O6/c1-15-6-4-5-7-19(15)20(16-8-17(36-2)10-18(9-16)37-3)11-28-25-22-26(30-13-29-25)32(14-31-22)27-24(35)23(34)21(12-33)38-27/h4-10,13-14,20-21,23-24,27,33-35H,11-12H2,1-3H3,(H,28,29,30)/t20?,21-,23-,24-,27?/m1/s1. The number of nitrogens with zero attached hydrogens (tertiary/aromatic N) is 4. The second-order valence-electron chi connectivity index (χ2n) is 9.21. The summed E-state index contributed by atoms with van der Waals surface area (Å²) in [7, 11) is 3.25. The molecule has 0 spiro atoms. The molecule has 0 aliphatic carbocycles. The van der Waals surface area contributed by atoms with Crippen LogP contribution in [0.15, 0.2) is 55.1 Å². The van der Waals surface area contributed by atoms with Crippen molar-refractivity contribution in [2.24, 2.45) is 0 Å². The second kappa shape index (κ2) is 10.9. The van der Waals surface area contributed by atoms with Gasteiger partial charge in [-0.3, -0.25) is 4.57 Å². The third-order valence-electron chi connectivity index (χ3n) is 6.96. The van der Waals surface area contributed by atoms with Gasteiger partial charge in [0.25, 0.3) is 0 Å². The monoisotopic (exact) mass is 521 g/mol. The van der Waals surface area contributed by atoms with E-state index >= 15 is 0 Å². The maximum absolute atomic E-state index is 10.5. The molecule has 1 aliphatic heterocycles. The number of aliphatic hydroxyl groups is 3. The Kier molecular flexibility index (Phi) is 7.43. The second-order valence-corrected chi connectivity index (χ2v) is 9.21. The van der Waals surface area contributed by atoms with Crippen LogP contribution in [0.2, 0.25) is 0 Å². The molecule has 0 amide bonds. The van der Waals surface area contributed by atoms with E-state index < -0.39 is 31.1 Å². The van der Waals surface area contributed by atoms with E-state index in [0.29, 0.717) is 35.0 Å². The lowest BCUT2D eigenvalue weighted by molar-refractivity contribution is -0.0511. The molecule has 4 N–H and O–H groups in total. The molecule has 2 aromatic heterocycles. The minimum absolute atomic E-state index is 0.0762. The highest BCUT2D eigenvalue weighted by atomic mass is 16.6. The molecule has 2 unspecified atom stereocenters. The molecule has 2 aromatic carbocycles. The fourth-order valence-corrected chi connectivity index (χ4v) is 4.89. The molecule has 1 fully saturated rings. The molecule has 0 radical (unpaired) electrons. The summed E-state index contributed by atoms with van der Waals surface area (Å²) in [6.07, 6.45) is -1.43. The van der Waals surface area contributed by atoms with Crippen molar-refractivity contribution in [1.82, 2.24) is 19.5 Å². The van der Waals surface area contributed by atoms with Gasteiger partial charge in [-0.1, -0.05) is 24.3 Å². The summed E-state index contributed by atoms with van der Waals surface area (Å²) in [5, 5.41) is 33.5. The normalized spacial score (nSPS) is 21.9. The van der Waals surface area contributed by atoms with Gasteiger partial charge < -0.3 is 34.8 Å². The Balaban J connectivity index is 1.48. The molecule has 200 valence electrons. The Morgan fingerprint density at radius 1 is 1.03 bits per heavy atom. The van der Waals surface area contributed by atoms with Crippen LogP contribution in [0.25, 0.3) is 11.2 Å². The van der Waals surface area contributed by atoms with E-state index in [1.165, 1.54) is 17.2 Å². The Morgan fingerprint density at radius 3 is 2.42 bits per heavy atom. The lowest BCUT2D eigenvalue weighted by atomic mass is 9.88. The number of imidazole rings is 1. The molecule has 11 heteroatoms. The summed E-state index contributed by atoms with van der Waals surface area (Å²) >= 11 is 0. The van der Waals surface area contributed by atoms with Gasteiger partial charge in [-0.2, -0.15) is 0 Å². The predicted molar refractivity (Wildman–Crippen MR) is 139 cm³/mol. The average molecular weight is 522 g/mol. The average Bonchev–Trinajstić information content (AvgIpc) is 3.50. The van der Waals surface area contributed by atoms with E-state index in [2.05, 4.69) is 39.3 Å². The van der Waals surface area contributed by atoms with Crippen LogP contribution in [0.1, 0.15) is 28.8 Å². The first-order chi connectivity index (χ1) is 18.4. The number of ether oxygens (including phenoxy) is 3. The van der Waals surface area contributed by atoms with Crippen molar-refractivity contribution >= 4 is 17.0 Å². The number of hydrogen-bond donors (Lipinski definition) is 4. The van der Waals surface area contributed by atoms with Crippen LogP contribution < -0.4 is 14.8 Å². The van der Waals surface area contributed by atoms with E-state index in [0.717, 1.165) is 16.7 Å². The molecule has 5 atom stereocenters. The number of aliphatic hydroxyl groups excluding tert-OH is 3. The number of benzene rings is 2. The first kappa shape index (κ1) is 25.9. The minimum Gasteiger partial charge on any atom is -0.497 e. The lowest BCUT2D eigenvalue weighted by Gasteiger charge is -2.22.